The van der Waals surface area contributed by atoms with Gasteiger partial charge in [0, 0.05) is 36.6 Å². The summed E-state index contributed by atoms with van der Waals surface area (Å²) in [6.45, 7) is 4.11. The summed E-state index contributed by atoms with van der Waals surface area (Å²) in [6, 6.07) is 11.9. The molecule has 28 heavy (non-hydrogen) atoms. The molecule has 3 aromatic rings. The molecule has 0 saturated carbocycles. The van der Waals surface area contributed by atoms with Crippen molar-refractivity contribution in [2.45, 2.75) is 13.0 Å². The highest BCUT2D eigenvalue weighted by Gasteiger charge is 2.15. The van der Waals surface area contributed by atoms with E-state index in [4.69, 9.17) is 4.74 Å². The highest BCUT2D eigenvalue weighted by atomic mass is 32.1. The average Bonchev–Trinajstić information content (AvgIpc) is 3.20. The third-order valence-electron chi connectivity index (χ3n) is 4.62. The number of hydrogen-bond acceptors (Lipinski definition) is 6. The summed E-state index contributed by atoms with van der Waals surface area (Å²) in [4.78, 5) is 23.3. The lowest BCUT2D eigenvalue weighted by atomic mass is 10.1. The molecule has 144 valence electrons. The third-order valence-corrected chi connectivity index (χ3v) is 5.45. The fourth-order valence-electron chi connectivity index (χ4n) is 3.08. The smallest absolute Gasteiger partial charge is 0.275 e. The predicted molar refractivity (Wildman–Crippen MR) is 110 cm³/mol. The number of aromatic nitrogens is 2. The molecule has 1 N–H and O–H groups in total. The van der Waals surface area contributed by atoms with Crippen LogP contribution in [0.2, 0.25) is 0 Å². The zero-order chi connectivity index (χ0) is 19.2. The molecule has 1 amide bonds. The molecule has 1 saturated heterocycles. The minimum absolute atomic E-state index is 0.175. The monoisotopic (exact) mass is 394 g/mol. The van der Waals surface area contributed by atoms with Gasteiger partial charge < -0.3 is 10.1 Å². The van der Waals surface area contributed by atoms with Gasteiger partial charge in [0.1, 0.15) is 10.7 Å². The zero-order valence-corrected chi connectivity index (χ0v) is 16.3. The van der Waals surface area contributed by atoms with E-state index < -0.39 is 0 Å². The molecule has 1 aliphatic heterocycles. The van der Waals surface area contributed by atoms with Crippen LogP contribution in [0.25, 0.3) is 0 Å². The first-order valence-electron chi connectivity index (χ1n) is 9.30. The van der Waals surface area contributed by atoms with Crippen LogP contribution in [0.15, 0.2) is 54.2 Å². The van der Waals surface area contributed by atoms with Crippen molar-refractivity contribution < 1.29 is 9.53 Å². The van der Waals surface area contributed by atoms with E-state index in [9.17, 15) is 4.79 Å². The van der Waals surface area contributed by atoms with E-state index in [2.05, 4.69) is 20.2 Å². The highest BCUT2D eigenvalue weighted by Crippen LogP contribution is 2.17. The SMILES string of the molecule is O=C(Nc1ccc(Cc2ccncc2)cc1)c1csc(CN2CCOCC2)n1. The lowest BCUT2D eigenvalue weighted by molar-refractivity contribution is 0.0341. The molecule has 1 fully saturated rings. The molecular weight excluding hydrogens is 372 g/mol. The van der Waals surface area contributed by atoms with Gasteiger partial charge in [-0.05, 0) is 41.8 Å². The lowest BCUT2D eigenvalue weighted by Crippen LogP contribution is -2.35. The topological polar surface area (TPSA) is 67.4 Å². The van der Waals surface area contributed by atoms with Gasteiger partial charge >= 0.3 is 0 Å². The van der Waals surface area contributed by atoms with Crippen LogP contribution in [0.4, 0.5) is 5.69 Å². The minimum atomic E-state index is -0.175. The molecule has 0 bridgehead atoms. The number of morpholine rings is 1. The lowest BCUT2D eigenvalue weighted by Gasteiger charge is -2.25. The highest BCUT2D eigenvalue weighted by molar-refractivity contribution is 7.09. The number of rotatable bonds is 6. The maximum Gasteiger partial charge on any atom is 0.275 e. The predicted octanol–water partition coefficient (Wildman–Crippen LogP) is 3.21. The van der Waals surface area contributed by atoms with Gasteiger partial charge in [-0.15, -0.1) is 11.3 Å². The van der Waals surface area contributed by atoms with E-state index >= 15 is 0 Å². The van der Waals surface area contributed by atoms with E-state index in [1.807, 2.05) is 41.8 Å². The fraction of sp³-hybridized carbons (Fsp3) is 0.286. The largest absolute Gasteiger partial charge is 0.379 e. The second-order valence-electron chi connectivity index (χ2n) is 6.70. The number of carbonyl (C=O) groups is 1. The van der Waals surface area contributed by atoms with E-state index in [0.29, 0.717) is 5.69 Å². The first-order chi connectivity index (χ1) is 13.8. The summed E-state index contributed by atoms with van der Waals surface area (Å²) in [7, 11) is 0. The van der Waals surface area contributed by atoms with E-state index in [1.165, 1.54) is 22.5 Å². The molecule has 0 atom stereocenters. The van der Waals surface area contributed by atoms with Crippen molar-refractivity contribution in [1.29, 1.82) is 0 Å². The minimum Gasteiger partial charge on any atom is -0.379 e. The van der Waals surface area contributed by atoms with Crippen LogP contribution in [0.1, 0.15) is 26.6 Å². The van der Waals surface area contributed by atoms with Crippen LogP contribution in [-0.2, 0) is 17.7 Å². The molecule has 6 nitrogen and oxygen atoms in total. The van der Waals surface area contributed by atoms with Crippen molar-refractivity contribution in [3.05, 3.63) is 76.0 Å². The summed E-state index contributed by atoms with van der Waals surface area (Å²) in [5.74, 6) is -0.175. The van der Waals surface area contributed by atoms with Gasteiger partial charge in [-0.3, -0.25) is 14.7 Å². The number of anilines is 1. The average molecular weight is 395 g/mol. The quantitative estimate of drug-likeness (QED) is 0.695. The number of nitrogens with one attached hydrogen (secondary N) is 1. The molecule has 7 heteroatoms. The number of amides is 1. The summed E-state index contributed by atoms with van der Waals surface area (Å²) in [6.07, 6.45) is 4.43. The number of nitrogens with zero attached hydrogens (tertiary/aromatic N) is 3. The first kappa shape index (κ1) is 18.7. The summed E-state index contributed by atoms with van der Waals surface area (Å²) >= 11 is 1.53. The second kappa shape index (κ2) is 9.05. The van der Waals surface area contributed by atoms with Crippen LogP contribution in [0.5, 0.6) is 0 Å². The van der Waals surface area contributed by atoms with Gasteiger partial charge in [-0.25, -0.2) is 4.98 Å². The molecule has 4 rings (SSSR count). The van der Waals surface area contributed by atoms with Crippen molar-refractivity contribution in [3.8, 4) is 0 Å². The molecule has 0 radical (unpaired) electrons. The maximum absolute atomic E-state index is 12.5. The van der Waals surface area contributed by atoms with Gasteiger partial charge in [-0.1, -0.05) is 12.1 Å². The molecule has 3 heterocycles. The van der Waals surface area contributed by atoms with E-state index in [0.717, 1.165) is 50.0 Å². The summed E-state index contributed by atoms with van der Waals surface area (Å²) in [5, 5.41) is 5.71. The van der Waals surface area contributed by atoms with Crippen LogP contribution in [-0.4, -0.2) is 47.1 Å². The Morgan fingerprint density at radius 1 is 1.07 bits per heavy atom. The van der Waals surface area contributed by atoms with Crippen LogP contribution in [0, 0.1) is 0 Å². The number of pyridine rings is 1. The Morgan fingerprint density at radius 2 is 1.79 bits per heavy atom. The van der Waals surface area contributed by atoms with Crippen LogP contribution >= 0.6 is 11.3 Å². The Balaban J connectivity index is 1.33. The zero-order valence-electron chi connectivity index (χ0n) is 15.5. The Kier molecular flexibility index (Phi) is 6.06. The molecule has 0 spiro atoms. The summed E-state index contributed by atoms with van der Waals surface area (Å²) in [5.41, 5.74) is 3.63. The number of thiazole rings is 1. The van der Waals surface area contributed by atoms with Crippen molar-refractivity contribution in [3.63, 3.8) is 0 Å². The number of carbonyl (C=O) groups excluding carboxylic acids is 1. The Hall–Kier alpha value is -2.61. The first-order valence-corrected chi connectivity index (χ1v) is 10.2. The Labute approximate surface area is 168 Å². The maximum atomic E-state index is 12.5. The van der Waals surface area contributed by atoms with Crippen LogP contribution < -0.4 is 5.32 Å². The molecule has 0 aliphatic carbocycles. The van der Waals surface area contributed by atoms with Gasteiger partial charge in [0.15, 0.2) is 0 Å². The van der Waals surface area contributed by atoms with Gasteiger partial charge in [0.25, 0.3) is 5.91 Å². The molecule has 1 aromatic carbocycles. The van der Waals surface area contributed by atoms with Gasteiger partial charge in [0.2, 0.25) is 0 Å². The number of hydrogen-bond donors (Lipinski definition) is 1. The van der Waals surface area contributed by atoms with Crippen molar-refractivity contribution in [2.75, 3.05) is 31.6 Å². The standard InChI is InChI=1S/C21H22N4O2S/c26-21(19-15-28-20(24-19)14-25-9-11-27-12-10-25)23-18-3-1-16(2-4-18)13-17-5-7-22-8-6-17/h1-8,15H,9-14H2,(H,23,26). The normalized spacial score (nSPS) is 14.7. The second-order valence-corrected chi connectivity index (χ2v) is 7.64. The Bertz CT molecular complexity index is 906. The van der Waals surface area contributed by atoms with Crippen molar-refractivity contribution >= 4 is 22.9 Å². The molecule has 2 aromatic heterocycles. The molecule has 1 aliphatic rings. The number of ether oxygens (including phenoxy) is 1. The fourth-order valence-corrected chi connectivity index (χ4v) is 3.89. The van der Waals surface area contributed by atoms with E-state index in [1.54, 1.807) is 12.4 Å². The third kappa shape index (κ3) is 5.01. The van der Waals surface area contributed by atoms with Gasteiger partial charge in [0.05, 0.1) is 19.8 Å². The molecule has 0 unspecified atom stereocenters. The molecular formula is C21H22N4O2S. The number of benzene rings is 1. The van der Waals surface area contributed by atoms with Gasteiger partial charge in [-0.2, -0.15) is 0 Å². The summed E-state index contributed by atoms with van der Waals surface area (Å²) < 4.78 is 5.36. The van der Waals surface area contributed by atoms with E-state index in [-0.39, 0.29) is 5.91 Å². The Morgan fingerprint density at radius 3 is 2.54 bits per heavy atom. The van der Waals surface area contributed by atoms with Crippen molar-refractivity contribution in [1.82, 2.24) is 14.9 Å². The van der Waals surface area contributed by atoms with Crippen molar-refractivity contribution in [2.24, 2.45) is 0 Å². The van der Waals surface area contributed by atoms with Crippen LogP contribution in [0.3, 0.4) is 0 Å².